The van der Waals surface area contributed by atoms with Gasteiger partial charge in [0.25, 0.3) is 11.8 Å². The van der Waals surface area contributed by atoms with Gasteiger partial charge in [-0.15, -0.1) is 0 Å². The summed E-state index contributed by atoms with van der Waals surface area (Å²) in [4.78, 5) is 36.6. The van der Waals surface area contributed by atoms with Gasteiger partial charge in [-0.1, -0.05) is 17.7 Å². The van der Waals surface area contributed by atoms with Crippen LogP contribution in [0.15, 0.2) is 71.8 Å². The summed E-state index contributed by atoms with van der Waals surface area (Å²) < 4.78 is 16.1. The molecule has 0 saturated heterocycles. The van der Waals surface area contributed by atoms with E-state index in [2.05, 4.69) is 15.8 Å². The zero-order chi connectivity index (χ0) is 25.9. The van der Waals surface area contributed by atoms with Crippen molar-refractivity contribution in [1.82, 2.24) is 10.7 Å². The van der Waals surface area contributed by atoms with E-state index in [1.807, 2.05) is 26.0 Å². The zero-order valence-electron chi connectivity index (χ0n) is 20.2. The molecule has 0 fully saturated rings. The number of nitrogens with zero attached hydrogens (tertiary/aromatic N) is 1. The van der Waals surface area contributed by atoms with E-state index in [1.165, 1.54) is 13.3 Å². The Morgan fingerprint density at radius 1 is 0.917 bits per heavy atom. The standard InChI is InChI=1S/C27H27N3O6/c1-4-35-22-12-10-20(11-13-22)26(32)28-17-25(31)30-29-16-19-7-14-23(24(15-19)34-3)36-27(33)21-8-5-18(2)6-9-21/h5-16H,4,17H2,1-3H3,(H,28,32)(H,30,31)/b29-16-. The molecule has 0 aliphatic rings. The molecule has 3 aromatic carbocycles. The molecule has 3 rings (SSSR count). The van der Waals surface area contributed by atoms with E-state index in [0.717, 1.165) is 5.56 Å². The molecule has 2 amide bonds. The lowest BCUT2D eigenvalue weighted by atomic mass is 10.1. The number of esters is 1. The number of hydrogen-bond acceptors (Lipinski definition) is 7. The number of aryl methyl sites for hydroxylation is 1. The van der Waals surface area contributed by atoms with Gasteiger partial charge in [-0.25, -0.2) is 10.2 Å². The number of rotatable bonds is 10. The van der Waals surface area contributed by atoms with E-state index in [4.69, 9.17) is 14.2 Å². The van der Waals surface area contributed by atoms with Gasteiger partial charge in [0.15, 0.2) is 11.5 Å². The van der Waals surface area contributed by atoms with Crippen LogP contribution in [-0.4, -0.2) is 44.3 Å². The summed E-state index contributed by atoms with van der Waals surface area (Å²) >= 11 is 0. The summed E-state index contributed by atoms with van der Waals surface area (Å²) in [6.45, 7) is 4.09. The molecule has 3 aromatic rings. The minimum atomic E-state index is -0.505. The predicted octanol–water partition coefficient (Wildman–Crippen LogP) is 3.50. The third kappa shape index (κ3) is 7.42. The average Bonchev–Trinajstić information content (AvgIpc) is 2.89. The highest BCUT2D eigenvalue weighted by Gasteiger charge is 2.13. The first kappa shape index (κ1) is 26.0. The molecule has 0 radical (unpaired) electrons. The number of methoxy groups -OCH3 is 1. The van der Waals surface area contributed by atoms with Crippen LogP contribution in [0.1, 0.15) is 38.8 Å². The molecule has 0 aliphatic heterocycles. The largest absolute Gasteiger partial charge is 0.494 e. The van der Waals surface area contributed by atoms with Crippen LogP contribution in [0.5, 0.6) is 17.2 Å². The van der Waals surface area contributed by atoms with Crippen molar-refractivity contribution in [2.75, 3.05) is 20.3 Å². The maximum atomic E-state index is 12.4. The lowest BCUT2D eigenvalue weighted by Crippen LogP contribution is -2.34. The smallest absolute Gasteiger partial charge is 0.343 e. The number of amides is 2. The lowest BCUT2D eigenvalue weighted by molar-refractivity contribution is -0.120. The Morgan fingerprint density at radius 2 is 1.61 bits per heavy atom. The Bertz CT molecular complexity index is 1240. The highest BCUT2D eigenvalue weighted by molar-refractivity contribution is 5.96. The normalized spacial score (nSPS) is 10.5. The Hall–Kier alpha value is -4.66. The van der Waals surface area contributed by atoms with E-state index in [1.54, 1.807) is 54.6 Å². The van der Waals surface area contributed by atoms with Crippen molar-refractivity contribution < 1.29 is 28.6 Å². The highest BCUT2D eigenvalue weighted by Crippen LogP contribution is 2.28. The quantitative estimate of drug-likeness (QED) is 0.195. The van der Waals surface area contributed by atoms with Crippen molar-refractivity contribution in [2.24, 2.45) is 5.10 Å². The summed E-state index contributed by atoms with van der Waals surface area (Å²) in [6, 6.07) is 18.5. The summed E-state index contributed by atoms with van der Waals surface area (Å²) in [5.74, 6) is -0.155. The molecule has 0 atom stereocenters. The van der Waals surface area contributed by atoms with E-state index in [-0.39, 0.29) is 12.3 Å². The summed E-state index contributed by atoms with van der Waals surface area (Å²) in [7, 11) is 1.45. The SMILES string of the molecule is CCOc1ccc(C(=O)NCC(=O)N/N=C\c2ccc(OC(=O)c3ccc(C)cc3)c(OC)c2)cc1. The predicted molar refractivity (Wildman–Crippen MR) is 135 cm³/mol. The van der Waals surface area contributed by atoms with Gasteiger partial charge in [-0.2, -0.15) is 5.10 Å². The average molecular weight is 490 g/mol. The van der Waals surface area contributed by atoms with Crippen LogP contribution in [-0.2, 0) is 4.79 Å². The molecule has 0 aromatic heterocycles. The number of hydrogen-bond donors (Lipinski definition) is 2. The molecule has 186 valence electrons. The van der Waals surface area contributed by atoms with Crippen LogP contribution < -0.4 is 25.0 Å². The monoisotopic (exact) mass is 489 g/mol. The lowest BCUT2D eigenvalue weighted by Gasteiger charge is -2.10. The maximum absolute atomic E-state index is 12.4. The number of ether oxygens (including phenoxy) is 3. The Morgan fingerprint density at radius 3 is 2.28 bits per heavy atom. The fourth-order valence-electron chi connectivity index (χ4n) is 3.05. The summed E-state index contributed by atoms with van der Waals surface area (Å²) in [6.07, 6.45) is 1.40. The third-order valence-electron chi connectivity index (χ3n) is 4.92. The molecular formula is C27H27N3O6. The van der Waals surface area contributed by atoms with Crippen molar-refractivity contribution in [3.8, 4) is 17.2 Å². The Kier molecular flexibility index (Phi) is 9.16. The van der Waals surface area contributed by atoms with Gasteiger partial charge in [0.05, 0.1) is 32.0 Å². The number of benzene rings is 3. The maximum Gasteiger partial charge on any atom is 0.343 e. The molecule has 0 heterocycles. The van der Waals surface area contributed by atoms with Gasteiger partial charge < -0.3 is 19.5 Å². The second-order valence-corrected chi connectivity index (χ2v) is 7.60. The van der Waals surface area contributed by atoms with E-state index in [0.29, 0.717) is 34.8 Å². The van der Waals surface area contributed by atoms with Gasteiger partial charge in [0.2, 0.25) is 0 Å². The number of nitrogens with one attached hydrogen (secondary N) is 2. The molecule has 9 nitrogen and oxygen atoms in total. The van der Waals surface area contributed by atoms with E-state index < -0.39 is 17.8 Å². The van der Waals surface area contributed by atoms with Crippen molar-refractivity contribution in [3.63, 3.8) is 0 Å². The van der Waals surface area contributed by atoms with Crippen LogP contribution >= 0.6 is 0 Å². The van der Waals surface area contributed by atoms with Gasteiger partial charge >= 0.3 is 5.97 Å². The van der Waals surface area contributed by atoms with E-state index in [9.17, 15) is 14.4 Å². The zero-order valence-corrected chi connectivity index (χ0v) is 20.2. The summed E-state index contributed by atoms with van der Waals surface area (Å²) in [5.41, 5.74) is 4.81. The van der Waals surface area contributed by atoms with Crippen LogP contribution in [0, 0.1) is 6.92 Å². The second kappa shape index (κ2) is 12.7. The van der Waals surface area contributed by atoms with Gasteiger partial charge in [0.1, 0.15) is 5.75 Å². The first-order chi connectivity index (χ1) is 17.4. The molecular weight excluding hydrogens is 462 g/mol. The van der Waals surface area contributed by atoms with Crippen molar-refractivity contribution in [2.45, 2.75) is 13.8 Å². The van der Waals surface area contributed by atoms with Crippen molar-refractivity contribution in [3.05, 3.63) is 89.0 Å². The van der Waals surface area contributed by atoms with Crippen LogP contribution in [0.4, 0.5) is 0 Å². The van der Waals surface area contributed by atoms with Gasteiger partial charge in [-0.05, 0) is 74.0 Å². The fraction of sp³-hybridized carbons (Fsp3) is 0.185. The fourth-order valence-corrected chi connectivity index (χ4v) is 3.05. The molecule has 0 aliphatic carbocycles. The Balaban J connectivity index is 1.51. The molecule has 2 N–H and O–H groups in total. The van der Waals surface area contributed by atoms with Gasteiger partial charge in [0, 0.05) is 5.56 Å². The Labute approximate surface area is 209 Å². The van der Waals surface area contributed by atoms with Crippen LogP contribution in [0.3, 0.4) is 0 Å². The van der Waals surface area contributed by atoms with Crippen LogP contribution in [0.25, 0.3) is 0 Å². The second-order valence-electron chi connectivity index (χ2n) is 7.60. The topological polar surface area (TPSA) is 115 Å². The molecule has 0 spiro atoms. The highest BCUT2D eigenvalue weighted by atomic mass is 16.6. The first-order valence-corrected chi connectivity index (χ1v) is 11.2. The molecule has 0 unspecified atom stereocenters. The molecule has 0 saturated carbocycles. The number of hydrazone groups is 1. The molecule has 0 bridgehead atoms. The molecule has 36 heavy (non-hydrogen) atoms. The minimum absolute atomic E-state index is 0.249. The minimum Gasteiger partial charge on any atom is -0.494 e. The summed E-state index contributed by atoms with van der Waals surface area (Å²) in [5, 5.41) is 6.42. The molecule has 9 heteroatoms. The number of carbonyl (C=O) groups is 3. The van der Waals surface area contributed by atoms with Crippen molar-refractivity contribution in [1.29, 1.82) is 0 Å². The first-order valence-electron chi connectivity index (χ1n) is 11.2. The van der Waals surface area contributed by atoms with Gasteiger partial charge in [-0.3, -0.25) is 9.59 Å². The number of carbonyl (C=O) groups excluding carboxylic acids is 3. The van der Waals surface area contributed by atoms with Crippen LogP contribution in [0.2, 0.25) is 0 Å². The van der Waals surface area contributed by atoms with Crippen molar-refractivity contribution >= 4 is 24.0 Å². The third-order valence-corrected chi connectivity index (χ3v) is 4.92. The van der Waals surface area contributed by atoms with E-state index >= 15 is 0 Å².